The Morgan fingerprint density at radius 1 is 1.15 bits per heavy atom. The number of carbonyl (C=O) groups excluding carboxylic acids is 2. The molecule has 0 aliphatic carbocycles. The molecule has 6 nitrogen and oxygen atoms in total. The minimum Gasteiger partial charge on any atom is -0.494 e. The van der Waals surface area contributed by atoms with Gasteiger partial charge in [-0.3, -0.25) is 9.59 Å². The van der Waals surface area contributed by atoms with Crippen LogP contribution in [0.15, 0.2) is 42.5 Å². The molecule has 2 saturated heterocycles. The second kappa shape index (κ2) is 9.05. The standard InChI is InChI=1S/C24H25F3N2O4/c1-32-20-15-18(7-8-19(20)29-11-3-6-21(29)30)28-22(31)23(9-12-33-13-10-23)16-4-2-5-17(14-16)24(25,26)27/h2,4-5,7-8,14-15H,3,6,9-13H2,1H3,(H,28,31). The van der Waals surface area contributed by atoms with Gasteiger partial charge in [0.05, 0.1) is 23.8 Å². The fraction of sp³-hybridized carbons (Fsp3) is 0.417. The van der Waals surface area contributed by atoms with E-state index in [-0.39, 0.29) is 32.0 Å². The number of amides is 2. The number of halogens is 3. The maximum Gasteiger partial charge on any atom is 0.416 e. The number of carbonyl (C=O) groups is 2. The summed E-state index contributed by atoms with van der Waals surface area (Å²) in [6.45, 7) is 1.13. The van der Waals surface area contributed by atoms with E-state index in [1.807, 2.05) is 0 Å². The molecule has 2 aliphatic rings. The van der Waals surface area contributed by atoms with Gasteiger partial charge in [0.1, 0.15) is 5.75 Å². The number of alkyl halides is 3. The van der Waals surface area contributed by atoms with Crippen LogP contribution in [0.5, 0.6) is 5.75 Å². The molecule has 176 valence electrons. The van der Waals surface area contributed by atoms with Gasteiger partial charge in [0.25, 0.3) is 0 Å². The predicted molar refractivity (Wildman–Crippen MR) is 116 cm³/mol. The highest BCUT2D eigenvalue weighted by atomic mass is 19.4. The monoisotopic (exact) mass is 462 g/mol. The Hall–Kier alpha value is -3.07. The lowest BCUT2D eigenvalue weighted by atomic mass is 9.73. The maximum atomic E-state index is 13.5. The van der Waals surface area contributed by atoms with Crippen LogP contribution in [0.3, 0.4) is 0 Å². The van der Waals surface area contributed by atoms with Crippen molar-refractivity contribution in [1.29, 1.82) is 0 Å². The quantitative estimate of drug-likeness (QED) is 0.709. The van der Waals surface area contributed by atoms with E-state index in [0.717, 1.165) is 18.6 Å². The van der Waals surface area contributed by atoms with Crippen LogP contribution in [0.1, 0.15) is 36.8 Å². The highest BCUT2D eigenvalue weighted by Crippen LogP contribution is 2.40. The summed E-state index contributed by atoms with van der Waals surface area (Å²) in [5.41, 5.74) is -0.581. The molecular weight excluding hydrogens is 437 g/mol. The molecule has 0 unspecified atom stereocenters. The molecule has 0 saturated carbocycles. The molecule has 2 aliphatic heterocycles. The second-order valence-electron chi connectivity index (χ2n) is 8.26. The van der Waals surface area contributed by atoms with E-state index >= 15 is 0 Å². The van der Waals surface area contributed by atoms with Crippen LogP contribution in [0.2, 0.25) is 0 Å². The van der Waals surface area contributed by atoms with Crippen molar-refractivity contribution in [3.63, 3.8) is 0 Å². The summed E-state index contributed by atoms with van der Waals surface area (Å²) in [6.07, 6.45) is -2.74. The van der Waals surface area contributed by atoms with E-state index < -0.39 is 23.1 Å². The zero-order valence-corrected chi connectivity index (χ0v) is 18.2. The van der Waals surface area contributed by atoms with E-state index in [1.54, 1.807) is 29.2 Å². The minimum absolute atomic E-state index is 0.00999. The summed E-state index contributed by atoms with van der Waals surface area (Å²) in [5, 5.41) is 2.85. The number of nitrogens with zero attached hydrogens (tertiary/aromatic N) is 1. The van der Waals surface area contributed by atoms with E-state index in [0.29, 0.717) is 35.7 Å². The van der Waals surface area contributed by atoms with Gasteiger partial charge in [-0.15, -0.1) is 0 Å². The molecule has 2 heterocycles. The van der Waals surface area contributed by atoms with Crippen molar-refractivity contribution in [2.75, 3.05) is 37.1 Å². The maximum absolute atomic E-state index is 13.5. The molecule has 2 fully saturated rings. The van der Waals surface area contributed by atoms with Gasteiger partial charge >= 0.3 is 6.18 Å². The van der Waals surface area contributed by atoms with Crippen LogP contribution in [0.4, 0.5) is 24.5 Å². The number of ether oxygens (including phenoxy) is 2. The molecule has 2 aromatic carbocycles. The van der Waals surface area contributed by atoms with E-state index in [4.69, 9.17) is 9.47 Å². The van der Waals surface area contributed by atoms with Crippen molar-refractivity contribution in [3.8, 4) is 5.75 Å². The first-order valence-corrected chi connectivity index (χ1v) is 10.8. The molecule has 0 spiro atoms. The number of benzene rings is 2. The smallest absolute Gasteiger partial charge is 0.416 e. The lowest BCUT2D eigenvalue weighted by molar-refractivity contribution is -0.138. The highest BCUT2D eigenvalue weighted by Gasteiger charge is 2.43. The highest BCUT2D eigenvalue weighted by molar-refractivity contribution is 6.01. The molecule has 9 heteroatoms. The van der Waals surface area contributed by atoms with Crippen molar-refractivity contribution in [1.82, 2.24) is 0 Å². The zero-order valence-electron chi connectivity index (χ0n) is 18.2. The van der Waals surface area contributed by atoms with Crippen molar-refractivity contribution in [2.24, 2.45) is 0 Å². The molecule has 2 aromatic rings. The molecule has 0 atom stereocenters. The summed E-state index contributed by atoms with van der Waals surface area (Å²) in [6, 6.07) is 9.93. The van der Waals surface area contributed by atoms with Gasteiger partial charge < -0.3 is 19.7 Å². The molecule has 4 rings (SSSR count). The summed E-state index contributed by atoms with van der Waals surface area (Å²) >= 11 is 0. The largest absolute Gasteiger partial charge is 0.494 e. The molecule has 0 aromatic heterocycles. The van der Waals surface area contributed by atoms with Crippen LogP contribution in [-0.2, 0) is 25.9 Å². The first kappa shape index (κ1) is 23.1. The Labute approximate surface area is 189 Å². The Bertz CT molecular complexity index is 1050. The lowest BCUT2D eigenvalue weighted by Crippen LogP contribution is -2.45. The van der Waals surface area contributed by atoms with Crippen LogP contribution in [0.25, 0.3) is 0 Å². The van der Waals surface area contributed by atoms with Gasteiger partial charge in [0, 0.05) is 37.9 Å². The van der Waals surface area contributed by atoms with Gasteiger partial charge in [-0.1, -0.05) is 18.2 Å². The summed E-state index contributed by atoms with van der Waals surface area (Å²) in [4.78, 5) is 27.3. The number of hydrogen-bond donors (Lipinski definition) is 1. The van der Waals surface area contributed by atoms with Gasteiger partial charge in [0.2, 0.25) is 11.8 Å². The van der Waals surface area contributed by atoms with Crippen LogP contribution in [0, 0.1) is 0 Å². The van der Waals surface area contributed by atoms with E-state index in [1.165, 1.54) is 13.2 Å². The van der Waals surface area contributed by atoms with Crippen molar-refractivity contribution in [3.05, 3.63) is 53.6 Å². The lowest BCUT2D eigenvalue weighted by Gasteiger charge is -2.36. The first-order valence-electron chi connectivity index (χ1n) is 10.8. The number of methoxy groups -OCH3 is 1. The number of anilines is 2. The second-order valence-corrected chi connectivity index (χ2v) is 8.26. The molecular formula is C24H25F3N2O4. The van der Waals surface area contributed by atoms with Gasteiger partial charge in [-0.2, -0.15) is 13.2 Å². The third-order valence-electron chi connectivity index (χ3n) is 6.33. The molecule has 2 amide bonds. The Morgan fingerprint density at radius 3 is 2.55 bits per heavy atom. The number of hydrogen-bond acceptors (Lipinski definition) is 4. The zero-order chi connectivity index (χ0) is 23.6. The van der Waals surface area contributed by atoms with Crippen LogP contribution >= 0.6 is 0 Å². The topological polar surface area (TPSA) is 67.9 Å². The van der Waals surface area contributed by atoms with E-state index in [9.17, 15) is 22.8 Å². The summed E-state index contributed by atoms with van der Waals surface area (Å²) in [5.74, 6) is 0.0381. The molecule has 0 radical (unpaired) electrons. The Morgan fingerprint density at radius 2 is 1.91 bits per heavy atom. The first-order chi connectivity index (χ1) is 15.7. The summed E-state index contributed by atoms with van der Waals surface area (Å²) in [7, 11) is 1.48. The van der Waals surface area contributed by atoms with Crippen molar-refractivity contribution < 1.29 is 32.2 Å². The average Bonchev–Trinajstić information content (AvgIpc) is 3.24. The van der Waals surface area contributed by atoms with Crippen molar-refractivity contribution in [2.45, 2.75) is 37.3 Å². The molecule has 33 heavy (non-hydrogen) atoms. The Balaban J connectivity index is 1.64. The van der Waals surface area contributed by atoms with Gasteiger partial charge in [-0.05, 0) is 43.0 Å². The SMILES string of the molecule is COc1cc(NC(=O)C2(c3cccc(C(F)(F)F)c3)CCOCC2)ccc1N1CCCC1=O. The van der Waals surface area contributed by atoms with Crippen molar-refractivity contribution >= 4 is 23.2 Å². The molecule has 0 bridgehead atoms. The molecule has 1 N–H and O–H groups in total. The fourth-order valence-corrected chi connectivity index (χ4v) is 4.49. The normalized spacial score (nSPS) is 18.3. The van der Waals surface area contributed by atoms with Gasteiger partial charge in [0.15, 0.2) is 0 Å². The van der Waals surface area contributed by atoms with Crippen LogP contribution < -0.4 is 15.0 Å². The third-order valence-corrected chi connectivity index (χ3v) is 6.33. The van der Waals surface area contributed by atoms with Crippen LogP contribution in [-0.4, -0.2) is 38.7 Å². The summed E-state index contributed by atoms with van der Waals surface area (Å²) < 4.78 is 50.8. The Kier molecular flexibility index (Phi) is 6.34. The number of nitrogens with one attached hydrogen (secondary N) is 1. The predicted octanol–water partition coefficient (Wildman–Crippen LogP) is 4.53. The van der Waals surface area contributed by atoms with Gasteiger partial charge in [-0.25, -0.2) is 0 Å². The number of rotatable bonds is 5. The minimum atomic E-state index is -4.50. The fourth-order valence-electron chi connectivity index (χ4n) is 4.49. The third kappa shape index (κ3) is 4.55. The average molecular weight is 462 g/mol. The van der Waals surface area contributed by atoms with E-state index in [2.05, 4.69) is 5.32 Å².